The fourth-order valence-corrected chi connectivity index (χ4v) is 12.7. The molecular weight excluding hydrogens is 384 g/mol. The highest BCUT2D eigenvalue weighted by Gasteiger charge is 2.59. The summed E-state index contributed by atoms with van der Waals surface area (Å²) in [5, 5.41) is 2.20. The van der Waals surface area contributed by atoms with Crippen LogP contribution in [0.25, 0.3) is 0 Å². The Morgan fingerprint density at radius 3 is 1.29 bits per heavy atom. The van der Waals surface area contributed by atoms with Gasteiger partial charge in [-0.2, -0.15) is 0 Å². The summed E-state index contributed by atoms with van der Waals surface area (Å²) >= 11 is 0. The van der Waals surface area contributed by atoms with E-state index in [1.54, 1.807) is 0 Å². The van der Waals surface area contributed by atoms with Crippen molar-refractivity contribution in [3.63, 3.8) is 0 Å². The molecule has 0 unspecified atom stereocenters. The minimum Gasteiger partial charge on any atom is -0.384 e. The second-order valence-corrected chi connectivity index (χ2v) is 14.3. The summed E-state index contributed by atoms with van der Waals surface area (Å²) in [5.41, 5.74) is 0. The molecule has 28 heavy (non-hydrogen) atoms. The molecule has 0 saturated heterocycles. The highest BCUT2D eigenvalue weighted by Crippen LogP contribution is 2.39. The van der Waals surface area contributed by atoms with Crippen LogP contribution in [0.2, 0.25) is 5.04 Å². The van der Waals surface area contributed by atoms with Crippen LogP contribution in [0.15, 0.2) is 60.7 Å². The molecule has 0 aliphatic rings. The average Bonchev–Trinajstić information content (AvgIpc) is 2.67. The molecule has 0 fully saturated rings. The average molecular weight is 419 g/mol. The fourth-order valence-electron chi connectivity index (χ4n) is 3.58. The van der Waals surface area contributed by atoms with Gasteiger partial charge < -0.3 is 17.4 Å². The topological polar surface area (TPSA) is 36.9 Å². The van der Waals surface area contributed by atoms with Gasteiger partial charge in [0.2, 0.25) is 0 Å². The molecule has 4 nitrogen and oxygen atoms in total. The van der Waals surface area contributed by atoms with Crippen molar-refractivity contribution in [2.75, 3.05) is 19.8 Å². The molecule has 0 radical (unpaired) electrons. The number of benzene rings is 2. The maximum absolute atomic E-state index is 7.09. The first-order valence-corrected chi connectivity index (χ1v) is 13.6. The molecule has 2 aromatic carbocycles. The van der Waals surface area contributed by atoms with E-state index in [0.29, 0.717) is 19.8 Å². The maximum atomic E-state index is 7.09. The van der Waals surface area contributed by atoms with Crippen LogP contribution in [0.3, 0.4) is 0 Å². The smallest absolute Gasteiger partial charge is 0.384 e. The lowest BCUT2D eigenvalue weighted by Gasteiger charge is -2.46. The summed E-state index contributed by atoms with van der Waals surface area (Å²) in [6.07, 6.45) is 0. The van der Waals surface area contributed by atoms with E-state index in [1.807, 2.05) is 32.9 Å². The van der Waals surface area contributed by atoms with Gasteiger partial charge in [0.1, 0.15) is 0 Å². The summed E-state index contributed by atoms with van der Waals surface area (Å²) in [6, 6.07) is 21.0. The summed E-state index contributed by atoms with van der Waals surface area (Å²) in [7, 11) is -6.15. The zero-order valence-corrected chi connectivity index (χ0v) is 20.0. The van der Waals surface area contributed by atoms with Gasteiger partial charge in [-0.3, -0.25) is 0 Å². The molecule has 0 amide bonds. The van der Waals surface area contributed by atoms with Crippen LogP contribution in [0.1, 0.15) is 41.5 Å². The van der Waals surface area contributed by atoms with E-state index < -0.39 is 17.4 Å². The van der Waals surface area contributed by atoms with E-state index in [2.05, 4.69) is 69.3 Å². The summed E-state index contributed by atoms with van der Waals surface area (Å²) in [4.78, 5) is 0. The normalized spacial score (nSPS) is 12.9. The molecule has 0 atom stereocenters. The van der Waals surface area contributed by atoms with Crippen LogP contribution in [-0.4, -0.2) is 37.2 Å². The Kier molecular flexibility index (Phi) is 8.18. The Labute approximate surface area is 172 Å². The van der Waals surface area contributed by atoms with E-state index in [9.17, 15) is 0 Å². The first-order valence-electron chi connectivity index (χ1n) is 10.1. The zero-order valence-electron chi connectivity index (χ0n) is 18.0. The predicted molar refractivity (Wildman–Crippen MR) is 119 cm³/mol. The fraction of sp³-hybridized carbons (Fsp3) is 0.455. The van der Waals surface area contributed by atoms with Gasteiger partial charge in [-0.05, 0) is 36.2 Å². The van der Waals surface area contributed by atoms with Crippen molar-refractivity contribution in [2.24, 2.45) is 0 Å². The van der Waals surface area contributed by atoms with E-state index in [0.717, 1.165) is 0 Å². The monoisotopic (exact) mass is 418 g/mol. The molecule has 2 rings (SSSR count). The first kappa shape index (κ1) is 23.0. The van der Waals surface area contributed by atoms with Gasteiger partial charge in [0.25, 0.3) is 8.32 Å². The van der Waals surface area contributed by atoms with Gasteiger partial charge >= 0.3 is 9.05 Å². The lowest BCUT2D eigenvalue weighted by Crippen LogP contribution is -2.72. The van der Waals surface area contributed by atoms with Crippen molar-refractivity contribution in [3.8, 4) is 0 Å². The molecular formula is C22H34O4Si2. The van der Waals surface area contributed by atoms with Gasteiger partial charge in [0.15, 0.2) is 0 Å². The molecule has 0 bridgehead atoms. The van der Waals surface area contributed by atoms with Crippen molar-refractivity contribution in [2.45, 2.75) is 46.6 Å². The molecule has 0 aliphatic carbocycles. The zero-order chi connectivity index (χ0) is 20.7. The quantitative estimate of drug-likeness (QED) is 0.544. The number of rotatable bonds is 10. The molecule has 6 heteroatoms. The Bertz CT molecular complexity index is 645. The first-order chi connectivity index (χ1) is 13.3. The predicted octanol–water partition coefficient (Wildman–Crippen LogP) is 4.11. The van der Waals surface area contributed by atoms with E-state index in [-0.39, 0.29) is 5.04 Å². The summed E-state index contributed by atoms with van der Waals surface area (Å²) in [5.74, 6) is 0. The number of hydrogen-bond donors (Lipinski definition) is 0. The van der Waals surface area contributed by atoms with Gasteiger partial charge in [-0.1, -0.05) is 81.4 Å². The van der Waals surface area contributed by atoms with Crippen molar-refractivity contribution in [1.82, 2.24) is 0 Å². The van der Waals surface area contributed by atoms with Crippen LogP contribution in [0.4, 0.5) is 0 Å². The second-order valence-electron chi connectivity index (χ2n) is 7.56. The molecule has 154 valence electrons. The lowest BCUT2D eigenvalue weighted by atomic mass is 10.2. The summed E-state index contributed by atoms with van der Waals surface area (Å²) < 4.78 is 25.4. The largest absolute Gasteiger partial charge is 0.669 e. The summed E-state index contributed by atoms with van der Waals surface area (Å²) in [6.45, 7) is 14.0. The van der Waals surface area contributed by atoms with Gasteiger partial charge in [0, 0.05) is 19.8 Å². The third-order valence-electron chi connectivity index (χ3n) is 4.66. The van der Waals surface area contributed by atoms with Gasteiger partial charge in [-0.15, -0.1) is 0 Å². The molecule has 0 heterocycles. The molecule has 0 N–H and O–H groups in total. The van der Waals surface area contributed by atoms with Crippen LogP contribution in [0.5, 0.6) is 0 Å². The molecule has 2 aromatic rings. The molecule has 0 spiro atoms. The Hall–Kier alpha value is -1.29. The molecule has 0 saturated carbocycles. The Morgan fingerprint density at radius 1 is 0.643 bits per heavy atom. The van der Waals surface area contributed by atoms with Crippen LogP contribution < -0.4 is 10.4 Å². The highest BCUT2D eigenvalue weighted by molar-refractivity contribution is 7.02. The van der Waals surface area contributed by atoms with Crippen LogP contribution >= 0.6 is 0 Å². The van der Waals surface area contributed by atoms with Crippen molar-refractivity contribution < 1.29 is 17.4 Å². The third-order valence-corrected chi connectivity index (χ3v) is 13.2. The third kappa shape index (κ3) is 4.82. The highest BCUT2D eigenvalue weighted by atomic mass is 28.5. The van der Waals surface area contributed by atoms with Crippen molar-refractivity contribution >= 4 is 27.7 Å². The Balaban J connectivity index is 2.76. The molecule has 0 aliphatic heterocycles. The second kappa shape index (κ2) is 9.96. The van der Waals surface area contributed by atoms with Crippen molar-refractivity contribution in [3.05, 3.63) is 60.7 Å². The SMILES string of the molecule is CCO[Si](OCC)(OCC)O[Si](c1ccccc1)(c1ccccc1)C(C)(C)C. The number of hydrogen-bond acceptors (Lipinski definition) is 4. The standard InChI is InChI=1S/C22H34O4Si2/c1-7-23-28(24-8-2,25-9-3)26-27(22(4,5)6,20-16-12-10-13-17-20)21-18-14-11-15-19-21/h10-19H,7-9H2,1-6H3. The minimum absolute atomic E-state index is 0.167. The lowest BCUT2D eigenvalue weighted by molar-refractivity contribution is 0.00660. The van der Waals surface area contributed by atoms with E-state index in [1.165, 1.54) is 10.4 Å². The molecule has 0 aromatic heterocycles. The van der Waals surface area contributed by atoms with Crippen LogP contribution in [0, 0.1) is 0 Å². The van der Waals surface area contributed by atoms with Crippen molar-refractivity contribution in [1.29, 1.82) is 0 Å². The van der Waals surface area contributed by atoms with Gasteiger partial charge in [-0.25, -0.2) is 0 Å². The van der Waals surface area contributed by atoms with Crippen LogP contribution in [-0.2, 0) is 17.4 Å². The Morgan fingerprint density at radius 2 is 1.00 bits per heavy atom. The maximum Gasteiger partial charge on any atom is 0.669 e. The minimum atomic E-state index is -3.34. The van der Waals surface area contributed by atoms with E-state index in [4.69, 9.17) is 17.4 Å². The van der Waals surface area contributed by atoms with Gasteiger partial charge in [0.05, 0.1) is 0 Å². The van der Waals surface area contributed by atoms with E-state index >= 15 is 0 Å².